The van der Waals surface area contributed by atoms with Gasteiger partial charge in [-0.1, -0.05) is 48.7 Å². The topological polar surface area (TPSA) is 75.3 Å². The van der Waals surface area contributed by atoms with Gasteiger partial charge in [-0.15, -0.1) is 0 Å². The molecule has 0 aromatic rings. The Labute approximate surface area is 128 Å². The van der Waals surface area contributed by atoms with E-state index in [0.717, 1.165) is 0 Å². The quantitative estimate of drug-likeness (QED) is 0.590. The molecule has 9 heteroatoms. The van der Waals surface area contributed by atoms with Gasteiger partial charge in [-0.25, -0.2) is 8.42 Å². The average Bonchev–Trinajstić information content (AvgIpc) is 2.55. The SMILES string of the molecule is CC(C)C(=O)N[C@@H](N[C@@H]1CCS(=O)(=O)C1)C(Cl)(Cl)Cl. The van der Waals surface area contributed by atoms with Gasteiger partial charge < -0.3 is 5.32 Å². The molecule has 112 valence electrons. The standard InChI is InChI=1S/C10H17Cl3N2O3S/c1-6(2)8(16)15-9(10(11,12)13)14-7-3-4-19(17,18)5-7/h6-7,9,14H,3-5H2,1-2H3,(H,15,16)/t7-,9-/m1/s1. The number of rotatable bonds is 4. The Kier molecular flexibility index (Phi) is 5.78. The van der Waals surface area contributed by atoms with Crippen molar-refractivity contribution in [1.82, 2.24) is 10.6 Å². The molecule has 0 unspecified atom stereocenters. The first-order chi connectivity index (χ1) is 8.51. The van der Waals surface area contributed by atoms with Crippen LogP contribution in [0.15, 0.2) is 0 Å². The van der Waals surface area contributed by atoms with Gasteiger partial charge in [0.2, 0.25) is 9.70 Å². The molecule has 2 atom stereocenters. The zero-order chi connectivity index (χ0) is 14.8. The molecule has 0 spiro atoms. The molecule has 1 heterocycles. The number of carbonyl (C=O) groups is 1. The molecule has 19 heavy (non-hydrogen) atoms. The minimum Gasteiger partial charge on any atom is -0.336 e. The van der Waals surface area contributed by atoms with Crippen molar-refractivity contribution in [3.8, 4) is 0 Å². The predicted octanol–water partition coefficient (Wildman–Crippen LogP) is 1.23. The highest BCUT2D eigenvalue weighted by Gasteiger charge is 2.38. The summed E-state index contributed by atoms with van der Waals surface area (Å²) in [4.78, 5) is 11.7. The summed E-state index contributed by atoms with van der Waals surface area (Å²) < 4.78 is 21.0. The second-order valence-corrected chi connectivity index (χ2v) is 9.50. The molecule has 0 radical (unpaired) electrons. The van der Waals surface area contributed by atoms with E-state index in [2.05, 4.69) is 10.6 Å². The fraction of sp³-hybridized carbons (Fsp3) is 0.900. The Balaban J connectivity index is 2.69. The highest BCUT2D eigenvalue weighted by atomic mass is 35.6. The van der Waals surface area contributed by atoms with Gasteiger partial charge in [0.05, 0.1) is 11.5 Å². The van der Waals surface area contributed by atoms with E-state index in [1.165, 1.54) is 0 Å². The highest BCUT2D eigenvalue weighted by Crippen LogP contribution is 2.30. The summed E-state index contributed by atoms with van der Waals surface area (Å²) in [6.07, 6.45) is -0.484. The lowest BCUT2D eigenvalue weighted by atomic mass is 10.2. The van der Waals surface area contributed by atoms with Crippen LogP contribution in [0.25, 0.3) is 0 Å². The van der Waals surface area contributed by atoms with Gasteiger partial charge in [0, 0.05) is 12.0 Å². The number of sulfone groups is 1. The van der Waals surface area contributed by atoms with E-state index in [0.29, 0.717) is 6.42 Å². The van der Waals surface area contributed by atoms with Gasteiger partial charge in [0.1, 0.15) is 6.17 Å². The number of hydrogen-bond acceptors (Lipinski definition) is 4. The van der Waals surface area contributed by atoms with E-state index in [9.17, 15) is 13.2 Å². The summed E-state index contributed by atoms with van der Waals surface area (Å²) >= 11 is 17.4. The maximum absolute atomic E-state index is 11.7. The molecule has 5 nitrogen and oxygen atoms in total. The first-order valence-corrected chi connectivity index (χ1v) is 8.80. The average molecular weight is 352 g/mol. The van der Waals surface area contributed by atoms with Gasteiger partial charge in [-0.2, -0.15) is 0 Å². The van der Waals surface area contributed by atoms with Crippen molar-refractivity contribution in [2.45, 2.75) is 36.3 Å². The normalized spacial score (nSPS) is 24.4. The molecule has 0 aromatic heterocycles. The van der Waals surface area contributed by atoms with E-state index in [-0.39, 0.29) is 29.4 Å². The third kappa shape index (κ3) is 5.63. The van der Waals surface area contributed by atoms with E-state index in [1.807, 2.05) is 0 Å². The Morgan fingerprint density at radius 3 is 2.26 bits per heavy atom. The van der Waals surface area contributed by atoms with Crippen LogP contribution < -0.4 is 10.6 Å². The summed E-state index contributed by atoms with van der Waals surface area (Å²) in [7, 11) is -3.04. The number of amides is 1. The van der Waals surface area contributed by atoms with Crippen LogP contribution in [0.2, 0.25) is 0 Å². The monoisotopic (exact) mass is 350 g/mol. The molecule has 0 aliphatic carbocycles. The molecule has 0 saturated carbocycles. The summed E-state index contributed by atoms with van der Waals surface area (Å²) in [5, 5.41) is 5.46. The first-order valence-electron chi connectivity index (χ1n) is 5.85. The molecular formula is C10H17Cl3N2O3S. The van der Waals surface area contributed by atoms with E-state index < -0.39 is 19.8 Å². The minimum atomic E-state index is -3.04. The van der Waals surface area contributed by atoms with Crippen LogP contribution >= 0.6 is 34.8 Å². The van der Waals surface area contributed by atoms with Crippen LogP contribution in [0.4, 0.5) is 0 Å². The molecule has 1 amide bonds. The van der Waals surface area contributed by atoms with Gasteiger partial charge in [0.25, 0.3) is 0 Å². The Bertz CT molecular complexity index is 434. The van der Waals surface area contributed by atoms with Crippen LogP contribution in [0.3, 0.4) is 0 Å². The van der Waals surface area contributed by atoms with Gasteiger partial charge in [-0.3, -0.25) is 10.1 Å². The number of halogens is 3. The zero-order valence-electron chi connectivity index (χ0n) is 10.6. The van der Waals surface area contributed by atoms with Crippen LogP contribution in [-0.4, -0.2) is 41.8 Å². The molecule has 0 bridgehead atoms. The fourth-order valence-electron chi connectivity index (χ4n) is 1.69. The van der Waals surface area contributed by atoms with Crippen molar-refractivity contribution >= 4 is 50.5 Å². The number of alkyl halides is 3. The predicted molar refractivity (Wildman–Crippen MR) is 77.3 cm³/mol. The van der Waals surface area contributed by atoms with Crippen molar-refractivity contribution in [1.29, 1.82) is 0 Å². The molecular weight excluding hydrogens is 335 g/mol. The Morgan fingerprint density at radius 1 is 1.32 bits per heavy atom. The van der Waals surface area contributed by atoms with Gasteiger partial charge in [0.15, 0.2) is 9.84 Å². The minimum absolute atomic E-state index is 0.0121. The fourth-order valence-corrected chi connectivity index (χ4v) is 3.73. The largest absolute Gasteiger partial charge is 0.336 e. The maximum atomic E-state index is 11.7. The van der Waals surface area contributed by atoms with Crippen LogP contribution in [0.5, 0.6) is 0 Å². The second kappa shape index (κ2) is 6.35. The molecule has 1 rings (SSSR count). The van der Waals surface area contributed by atoms with Gasteiger partial charge in [-0.05, 0) is 6.42 Å². The Morgan fingerprint density at radius 2 is 1.89 bits per heavy atom. The van der Waals surface area contributed by atoms with Crippen molar-refractivity contribution in [2.24, 2.45) is 5.92 Å². The molecule has 0 aromatic carbocycles. The summed E-state index contributed by atoms with van der Waals surface area (Å²) in [6.45, 7) is 3.43. The third-order valence-corrected chi connectivity index (χ3v) is 5.20. The zero-order valence-corrected chi connectivity index (χ0v) is 13.7. The van der Waals surface area contributed by atoms with Crippen molar-refractivity contribution < 1.29 is 13.2 Å². The maximum Gasteiger partial charge on any atom is 0.223 e. The Hall–Kier alpha value is 0.250. The number of hydrogen-bond donors (Lipinski definition) is 2. The van der Waals surface area contributed by atoms with Crippen molar-refractivity contribution in [3.05, 3.63) is 0 Å². The smallest absolute Gasteiger partial charge is 0.223 e. The van der Waals surface area contributed by atoms with Crippen molar-refractivity contribution in [2.75, 3.05) is 11.5 Å². The van der Waals surface area contributed by atoms with Crippen molar-refractivity contribution in [3.63, 3.8) is 0 Å². The number of carbonyl (C=O) groups excluding carboxylic acids is 1. The summed E-state index contributed by atoms with van der Waals surface area (Å²) in [5.74, 6) is -0.439. The van der Waals surface area contributed by atoms with Gasteiger partial charge >= 0.3 is 0 Å². The third-order valence-electron chi connectivity index (χ3n) is 2.77. The summed E-state index contributed by atoms with van der Waals surface area (Å²) in [6, 6.07) is -0.321. The number of nitrogens with one attached hydrogen (secondary N) is 2. The molecule has 1 aliphatic heterocycles. The van der Waals surface area contributed by atoms with E-state index >= 15 is 0 Å². The highest BCUT2D eigenvalue weighted by molar-refractivity contribution is 7.91. The summed E-state index contributed by atoms with van der Waals surface area (Å²) in [5.41, 5.74) is 0. The van der Waals surface area contributed by atoms with Crippen LogP contribution in [-0.2, 0) is 14.6 Å². The molecule has 2 N–H and O–H groups in total. The molecule has 1 aliphatic rings. The van der Waals surface area contributed by atoms with Crippen LogP contribution in [0.1, 0.15) is 20.3 Å². The lowest BCUT2D eigenvalue weighted by Gasteiger charge is -2.29. The molecule has 1 fully saturated rings. The lowest BCUT2D eigenvalue weighted by molar-refractivity contribution is -0.124. The lowest BCUT2D eigenvalue weighted by Crippen LogP contribution is -2.57. The second-order valence-electron chi connectivity index (χ2n) is 4.90. The first kappa shape index (κ1) is 17.3. The van der Waals surface area contributed by atoms with E-state index in [1.54, 1.807) is 13.8 Å². The van der Waals surface area contributed by atoms with Crippen LogP contribution in [0, 0.1) is 5.92 Å². The van der Waals surface area contributed by atoms with E-state index in [4.69, 9.17) is 34.8 Å². The molecule has 1 saturated heterocycles.